The fraction of sp³-hybridized carbons (Fsp3) is 0.125. The van der Waals surface area contributed by atoms with E-state index in [0.29, 0.717) is 5.56 Å². The number of imidazole rings is 1. The number of nitrogens with zero attached hydrogens (tertiary/aromatic N) is 3. The Morgan fingerprint density at radius 1 is 0.920 bits per heavy atom. The van der Waals surface area contributed by atoms with Gasteiger partial charge in [0, 0.05) is 5.56 Å². The summed E-state index contributed by atoms with van der Waals surface area (Å²) < 4.78 is 9.26. The van der Waals surface area contributed by atoms with Crippen LogP contribution in [0.1, 0.15) is 37.2 Å². The average Bonchev–Trinajstić information content (AvgIpc) is 3.11. The van der Waals surface area contributed by atoms with Crippen molar-refractivity contribution in [2.24, 2.45) is 0 Å². The zero-order valence-corrected chi connectivity index (χ0v) is 13.3. The van der Waals surface area contributed by atoms with Crippen LogP contribution in [0.25, 0.3) is 11.0 Å². The van der Waals surface area contributed by atoms with Crippen LogP contribution in [0.4, 0.5) is 0 Å². The van der Waals surface area contributed by atoms with Crippen LogP contribution in [-0.2, 0) is 9.47 Å². The second-order valence-electron chi connectivity index (χ2n) is 4.88. The molecule has 0 atom stereocenters. The van der Waals surface area contributed by atoms with Crippen LogP contribution in [0.2, 0.25) is 0 Å². The number of rotatable bonds is 4. The highest BCUT2D eigenvalue weighted by molar-refractivity contribution is 6.11. The number of methoxy groups -OCH3 is 2. The van der Waals surface area contributed by atoms with Crippen molar-refractivity contribution >= 4 is 28.8 Å². The number of nitrogens with one attached hydrogen (secondary N) is 1. The molecule has 0 aliphatic rings. The first-order valence-electron chi connectivity index (χ1n) is 7.09. The summed E-state index contributed by atoms with van der Waals surface area (Å²) in [7, 11) is 2.35. The minimum absolute atomic E-state index is 0.00142. The largest absolute Gasteiger partial charge is 0.464 e. The van der Waals surface area contributed by atoms with E-state index in [1.165, 1.54) is 14.2 Å². The minimum Gasteiger partial charge on any atom is -0.464 e. The van der Waals surface area contributed by atoms with Crippen LogP contribution < -0.4 is 0 Å². The third kappa shape index (κ3) is 2.82. The van der Waals surface area contributed by atoms with Gasteiger partial charge in [0.25, 0.3) is 0 Å². The second-order valence-corrected chi connectivity index (χ2v) is 4.88. The summed E-state index contributed by atoms with van der Waals surface area (Å²) in [4.78, 5) is 43.1. The monoisotopic (exact) mass is 340 g/mol. The van der Waals surface area contributed by atoms with E-state index in [4.69, 9.17) is 0 Å². The molecule has 9 heteroatoms. The Balaban J connectivity index is 2.21. The lowest BCUT2D eigenvalue weighted by molar-refractivity contribution is 0.0577. The number of aromatic nitrogens is 4. The summed E-state index contributed by atoms with van der Waals surface area (Å²) in [5.74, 6) is -2.05. The Morgan fingerprint density at radius 3 is 2.16 bits per heavy atom. The summed E-state index contributed by atoms with van der Waals surface area (Å²) in [6.07, 6.45) is 0. The van der Waals surface area contributed by atoms with Crippen molar-refractivity contribution in [1.82, 2.24) is 20.2 Å². The van der Waals surface area contributed by atoms with E-state index >= 15 is 0 Å². The Labute approximate surface area is 141 Å². The average molecular weight is 340 g/mol. The molecule has 3 aromatic rings. The molecule has 0 saturated heterocycles. The summed E-state index contributed by atoms with van der Waals surface area (Å²) in [5.41, 5.74) is 0.0584. The number of aromatic amines is 1. The van der Waals surface area contributed by atoms with E-state index in [-0.39, 0.29) is 28.2 Å². The van der Waals surface area contributed by atoms with Gasteiger partial charge in [-0.1, -0.05) is 30.3 Å². The highest BCUT2D eigenvalue weighted by atomic mass is 16.5. The van der Waals surface area contributed by atoms with E-state index in [0.717, 1.165) is 0 Å². The number of ketones is 1. The van der Waals surface area contributed by atoms with Gasteiger partial charge in [0.1, 0.15) is 11.0 Å². The van der Waals surface area contributed by atoms with Gasteiger partial charge in [0.15, 0.2) is 17.2 Å². The van der Waals surface area contributed by atoms with Gasteiger partial charge in [-0.3, -0.25) is 4.79 Å². The van der Waals surface area contributed by atoms with Crippen molar-refractivity contribution in [3.05, 3.63) is 53.1 Å². The van der Waals surface area contributed by atoms with Crippen molar-refractivity contribution < 1.29 is 23.9 Å². The quantitative estimate of drug-likeness (QED) is 0.554. The Hall–Kier alpha value is -3.62. The lowest BCUT2D eigenvalue weighted by atomic mass is 10.1. The number of hydrogen-bond donors (Lipinski definition) is 1. The highest BCUT2D eigenvalue weighted by Crippen LogP contribution is 2.20. The number of H-pyrrole nitrogens is 1. The van der Waals surface area contributed by atoms with Crippen molar-refractivity contribution in [2.75, 3.05) is 14.2 Å². The summed E-state index contributed by atoms with van der Waals surface area (Å²) in [5, 5.41) is 7.36. The van der Waals surface area contributed by atoms with Gasteiger partial charge in [-0.25, -0.2) is 14.6 Å². The van der Waals surface area contributed by atoms with Crippen LogP contribution in [-0.4, -0.2) is 52.1 Å². The Kier molecular flexibility index (Phi) is 4.21. The van der Waals surface area contributed by atoms with Crippen molar-refractivity contribution in [2.45, 2.75) is 0 Å². The molecule has 0 saturated carbocycles. The Bertz CT molecular complexity index is 928. The van der Waals surface area contributed by atoms with Crippen molar-refractivity contribution in [1.29, 1.82) is 0 Å². The van der Waals surface area contributed by atoms with Gasteiger partial charge in [0.05, 0.1) is 14.2 Å². The third-order valence-corrected chi connectivity index (χ3v) is 3.42. The van der Waals surface area contributed by atoms with Gasteiger partial charge in [-0.05, 0) is 0 Å². The molecular formula is C16H12N4O5. The van der Waals surface area contributed by atoms with Gasteiger partial charge in [-0.15, -0.1) is 10.2 Å². The summed E-state index contributed by atoms with van der Waals surface area (Å²) in [6.45, 7) is 0. The third-order valence-electron chi connectivity index (χ3n) is 3.42. The van der Waals surface area contributed by atoms with E-state index in [2.05, 4.69) is 29.6 Å². The number of hydrogen-bond acceptors (Lipinski definition) is 8. The molecule has 0 amide bonds. The SMILES string of the molecule is COC(=O)c1nnc(C(=O)OC)c2[nH]c(C(=O)c3ccccc3)nc12. The topological polar surface area (TPSA) is 124 Å². The smallest absolute Gasteiger partial charge is 0.360 e. The van der Waals surface area contributed by atoms with Crippen molar-refractivity contribution in [3.8, 4) is 0 Å². The normalized spacial score (nSPS) is 10.5. The van der Waals surface area contributed by atoms with Gasteiger partial charge >= 0.3 is 11.9 Å². The maximum atomic E-state index is 12.6. The molecule has 25 heavy (non-hydrogen) atoms. The molecule has 0 bridgehead atoms. The molecule has 9 nitrogen and oxygen atoms in total. The van der Waals surface area contributed by atoms with Crippen LogP contribution >= 0.6 is 0 Å². The minimum atomic E-state index is -0.792. The lowest BCUT2D eigenvalue weighted by Gasteiger charge is -2.01. The van der Waals surface area contributed by atoms with Gasteiger partial charge in [-0.2, -0.15) is 0 Å². The number of carbonyl (C=O) groups is 3. The first-order valence-corrected chi connectivity index (χ1v) is 7.09. The summed E-state index contributed by atoms with van der Waals surface area (Å²) in [6, 6.07) is 8.42. The molecule has 1 N–H and O–H groups in total. The van der Waals surface area contributed by atoms with Crippen LogP contribution in [0.15, 0.2) is 30.3 Å². The Morgan fingerprint density at radius 2 is 1.52 bits per heavy atom. The number of esters is 2. The predicted molar refractivity (Wildman–Crippen MR) is 84.2 cm³/mol. The van der Waals surface area contributed by atoms with E-state index < -0.39 is 17.7 Å². The van der Waals surface area contributed by atoms with Crippen LogP contribution in [0.3, 0.4) is 0 Å². The zero-order chi connectivity index (χ0) is 18.0. The molecule has 0 aliphatic heterocycles. The lowest BCUT2D eigenvalue weighted by Crippen LogP contribution is -2.12. The van der Waals surface area contributed by atoms with Crippen molar-refractivity contribution in [3.63, 3.8) is 0 Å². The molecule has 0 spiro atoms. The number of ether oxygens (including phenoxy) is 2. The molecule has 0 aliphatic carbocycles. The number of fused-ring (bicyclic) bond motifs is 1. The predicted octanol–water partition coefficient (Wildman–Crippen LogP) is 1.16. The van der Waals surface area contributed by atoms with Crippen LogP contribution in [0.5, 0.6) is 0 Å². The molecule has 1 aromatic carbocycles. The fourth-order valence-electron chi connectivity index (χ4n) is 2.22. The maximum absolute atomic E-state index is 12.6. The first-order chi connectivity index (χ1) is 12.1. The maximum Gasteiger partial charge on any atom is 0.360 e. The molecule has 2 heterocycles. The van der Waals surface area contributed by atoms with Gasteiger partial charge in [0.2, 0.25) is 5.78 Å². The number of benzene rings is 1. The standard InChI is InChI=1S/C16H12N4O5/c1-24-15(22)11-9-10(12(20-19-11)16(23)25-2)18-14(17-9)13(21)8-6-4-3-5-7-8/h3-7H,1-2H3,(H,17,18). The van der Waals surface area contributed by atoms with E-state index in [1.807, 2.05) is 0 Å². The van der Waals surface area contributed by atoms with Crippen LogP contribution in [0, 0.1) is 0 Å². The summed E-state index contributed by atoms with van der Waals surface area (Å²) >= 11 is 0. The van der Waals surface area contributed by atoms with E-state index in [9.17, 15) is 14.4 Å². The highest BCUT2D eigenvalue weighted by Gasteiger charge is 2.25. The number of carbonyl (C=O) groups excluding carboxylic acids is 3. The molecular weight excluding hydrogens is 328 g/mol. The molecule has 3 rings (SSSR count). The molecule has 0 fully saturated rings. The molecule has 0 unspecified atom stereocenters. The van der Waals surface area contributed by atoms with E-state index in [1.54, 1.807) is 30.3 Å². The zero-order valence-electron chi connectivity index (χ0n) is 13.3. The molecule has 0 radical (unpaired) electrons. The molecule has 126 valence electrons. The second kappa shape index (κ2) is 6.48. The molecule has 2 aromatic heterocycles. The fourth-order valence-corrected chi connectivity index (χ4v) is 2.22. The van der Waals surface area contributed by atoms with Gasteiger partial charge < -0.3 is 14.5 Å². The first kappa shape index (κ1) is 16.2.